The molecule has 1 N–H and O–H groups in total. The Bertz CT molecular complexity index is 275. The van der Waals surface area contributed by atoms with E-state index in [0.29, 0.717) is 0 Å². The van der Waals surface area contributed by atoms with Crippen molar-refractivity contribution in [2.45, 2.75) is 13.8 Å². The first-order chi connectivity index (χ1) is 6.72. The molecule has 4 nitrogen and oxygen atoms in total. The van der Waals surface area contributed by atoms with E-state index in [-0.39, 0.29) is 0 Å². The summed E-state index contributed by atoms with van der Waals surface area (Å²) < 4.78 is 0. The van der Waals surface area contributed by atoms with Gasteiger partial charge in [0.05, 0.1) is 6.20 Å². The highest BCUT2D eigenvalue weighted by molar-refractivity contribution is 5.34. The van der Waals surface area contributed by atoms with E-state index in [1.807, 2.05) is 13.0 Å². The molecule has 0 aromatic carbocycles. The number of aryl methyl sites for hydroxylation is 1. The second-order valence-corrected chi connectivity index (χ2v) is 3.44. The quantitative estimate of drug-likeness (QED) is 0.763. The van der Waals surface area contributed by atoms with Crippen LogP contribution in [0.15, 0.2) is 12.3 Å². The van der Waals surface area contributed by atoms with Gasteiger partial charge in [0.25, 0.3) is 0 Å². The fourth-order valence-electron chi connectivity index (χ4n) is 1.08. The SMILES string of the molecule is CCN(C)CCNc1cc(C)cnn1. The summed E-state index contributed by atoms with van der Waals surface area (Å²) in [5, 5.41) is 11.1. The lowest BCUT2D eigenvalue weighted by atomic mass is 10.3. The molecule has 1 rings (SSSR count). The molecule has 1 heterocycles. The van der Waals surface area contributed by atoms with Crippen molar-refractivity contribution in [2.24, 2.45) is 0 Å². The highest BCUT2D eigenvalue weighted by atomic mass is 15.2. The molecule has 0 radical (unpaired) electrons. The second-order valence-electron chi connectivity index (χ2n) is 3.44. The summed E-state index contributed by atoms with van der Waals surface area (Å²) in [5.74, 6) is 0.856. The number of anilines is 1. The smallest absolute Gasteiger partial charge is 0.148 e. The third kappa shape index (κ3) is 3.70. The van der Waals surface area contributed by atoms with E-state index in [2.05, 4.69) is 34.4 Å². The average molecular weight is 194 g/mol. The minimum atomic E-state index is 0.856. The van der Waals surface area contributed by atoms with Crippen LogP contribution in [-0.4, -0.2) is 41.8 Å². The molecule has 0 saturated heterocycles. The van der Waals surface area contributed by atoms with Crippen molar-refractivity contribution < 1.29 is 0 Å². The number of aromatic nitrogens is 2. The van der Waals surface area contributed by atoms with Crippen molar-refractivity contribution in [3.8, 4) is 0 Å². The van der Waals surface area contributed by atoms with Crippen molar-refractivity contribution >= 4 is 5.82 Å². The first-order valence-corrected chi connectivity index (χ1v) is 4.94. The molecule has 0 spiro atoms. The van der Waals surface area contributed by atoms with Gasteiger partial charge in [-0.1, -0.05) is 6.92 Å². The van der Waals surface area contributed by atoms with Gasteiger partial charge in [-0.05, 0) is 32.1 Å². The van der Waals surface area contributed by atoms with Gasteiger partial charge >= 0.3 is 0 Å². The minimum Gasteiger partial charge on any atom is -0.367 e. The van der Waals surface area contributed by atoms with Crippen LogP contribution in [0.3, 0.4) is 0 Å². The van der Waals surface area contributed by atoms with E-state index in [9.17, 15) is 0 Å². The number of nitrogens with zero attached hydrogens (tertiary/aromatic N) is 3. The molecule has 0 aliphatic carbocycles. The predicted molar refractivity (Wildman–Crippen MR) is 58.4 cm³/mol. The topological polar surface area (TPSA) is 41.0 Å². The van der Waals surface area contributed by atoms with Gasteiger partial charge in [-0.25, -0.2) is 0 Å². The molecular weight excluding hydrogens is 176 g/mol. The van der Waals surface area contributed by atoms with Gasteiger partial charge in [-0.15, -0.1) is 5.10 Å². The fourth-order valence-corrected chi connectivity index (χ4v) is 1.08. The maximum Gasteiger partial charge on any atom is 0.148 e. The van der Waals surface area contributed by atoms with Gasteiger partial charge < -0.3 is 10.2 Å². The number of hydrogen-bond donors (Lipinski definition) is 1. The Labute approximate surface area is 85.3 Å². The van der Waals surface area contributed by atoms with Crippen molar-refractivity contribution in [2.75, 3.05) is 32.0 Å². The fraction of sp³-hybridized carbons (Fsp3) is 0.600. The van der Waals surface area contributed by atoms with Crippen LogP contribution < -0.4 is 5.32 Å². The van der Waals surface area contributed by atoms with Gasteiger partial charge in [-0.3, -0.25) is 0 Å². The van der Waals surface area contributed by atoms with Gasteiger partial charge in [0.2, 0.25) is 0 Å². The van der Waals surface area contributed by atoms with Gasteiger partial charge in [0.15, 0.2) is 0 Å². The molecule has 1 aromatic rings. The van der Waals surface area contributed by atoms with Crippen molar-refractivity contribution in [3.63, 3.8) is 0 Å². The Morgan fingerprint density at radius 3 is 2.93 bits per heavy atom. The summed E-state index contributed by atoms with van der Waals surface area (Å²) in [4.78, 5) is 2.25. The first kappa shape index (κ1) is 10.9. The van der Waals surface area contributed by atoms with Gasteiger partial charge in [-0.2, -0.15) is 5.10 Å². The van der Waals surface area contributed by atoms with Crippen LogP contribution in [0.5, 0.6) is 0 Å². The van der Waals surface area contributed by atoms with Gasteiger partial charge in [0, 0.05) is 13.1 Å². The summed E-state index contributed by atoms with van der Waals surface area (Å²) in [7, 11) is 2.10. The standard InChI is InChI=1S/C10H18N4/c1-4-14(3)6-5-11-10-7-9(2)8-12-13-10/h7-8H,4-6H2,1-3H3,(H,11,13). The maximum atomic E-state index is 3.98. The van der Waals surface area contributed by atoms with E-state index in [0.717, 1.165) is 31.0 Å². The molecular formula is C10H18N4. The van der Waals surface area contributed by atoms with Crippen molar-refractivity contribution in [3.05, 3.63) is 17.8 Å². The van der Waals surface area contributed by atoms with E-state index >= 15 is 0 Å². The monoisotopic (exact) mass is 194 g/mol. The zero-order valence-corrected chi connectivity index (χ0v) is 9.12. The zero-order chi connectivity index (χ0) is 10.4. The Balaban J connectivity index is 2.31. The number of hydrogen-bond acceptors (Lipinski definition) is 4. The third-order valence-corrected chi connectivity index (χ3v) is 2.13. The predicted octanol–water partition coefficient (Wildman–Crippen LogP) is 1.15. The normalized spacial score (nSPS) is 10.6. The van der Waals surface area contributed by atoms with Crippen LogP contribution in [0.1, 0.15) is 12.5 Å². The molecule has 0 atom stereocenters. The summed E-state index contributed by atoms with van der Waals surface area (Å²) in [6, 6.07) is 2.00. The molecule has 14 heavy (non-hydrogen) atoms. The molecule has 0 aliphatic heterocycles. The molecule has 4 heteroatoms. The van der Waals surface area contributed by atoms with Crippen LogP contribution in [0.4, 0.5) is 5.82 Å². The Kier molecular flexibility index (Phi) is 4.32. The summed E-state index contributed by atoms with van der Waals surface area (Å²) in [6.45, 7) is 7.15. The lowest BCUT2D eigenvalue weighted by molar-refractivity contribution is 0.367. The maximum absolute atomic E-state index is 3.98. The highest BCUT2D eigenvalue weighted by Crippen LogP contribution is 2.02. The third-order valence-electron chi connectivity index (χ3n) is 2.13. The van der Waals surface area contributed by atoms with Gasteiger partial charge in [0.1, 0.15) is 5.82 Å². The molecule has 0 amide bonds. The van der Waals surface area contributed by atoms with E-state index in [1.54, 1.807) is 6.20 Å². The first-order valence-electron chi connectivity index (χ1n) is 4.94. The van der Waals surface area contributed by atoms with Crippen LogP contribution in [-0.2, 0) is 0 Å². The molecule has 78 valence electrons. The van der Waals surface area contributed by atoms with Crippen molar-refractivity contribution in [1.29, 1.82) is 0 Å². The van der Waals surface area contributed by atoms with Crippen molar-refractivity contribution in [1.82, 2.24) is 15.1 Å². The number of rotatable bonds is 5. The largest absolute Gasteiger partial charge is 0.367 e. The molecule has 1 aromatic heterocycles. The zero-order valence-electron chi connectivity index (χ0n) is 9.12. The lowest BCUT2D eigenvalue weighted by Crippen LogP contribution is -2.25. The summed E-state index contributed by atoms with van der Waals surface area (Å²) >= 11 is 0. The Morgan fingerprint density at radius 2 is 2.29 bits per heavy atom. The lowest BCUT2D eigenvalue weighted by Gasteiger charge is -2.13. The second kappa shape index (κ2) is 5.54. The Hall–Kier alpha value is -1.16. The summed E-state index contributed by atoms with van der Waals surface area (Å²) in [5.41, 5.74) is 1.13. The van der Waals surface area contributed by atoms with Crippen LogP contribution in [0.2, 0.25) is 0 Å². The molecule has 0 unspecified atom stereocenters. The highest BCUT2D eigenvalue weighted by Gasteiger charge is 1.96. The molecule has 0 fully saturated rings. The van der Waals surface area contributed by atoms with Crippen LogP contribution in [0, 0.1) is 6.92 Å². The van der Waals surface area contributed by atoms with Crippen LogP contribution in [0.25, 0.3) is 0 Å². The summed E-state index contributed by atoms with van der Waals surface area (Å²) in [6.07, 6.45) is 1.75. The molecule has 0 saturated carbocycles. The number of nitrogens with one attached hydrogen (secondary N) is 1. The minimum absolute atomic E-state index is 0.856. The average Bonchev–Trinajstić information content (AvgIpc) is 2.17. The molecule has 0 aliphatic rings. The van der Waals surface area contributed by atoms with E-state index in [1.165, 1.54) is 0 Å². The number of likely N-dealkylation sites (N-methyl/N-ethyl adjacent to an activating group) is 1. The Morgan fingerprint density at radius 1 is 1.50 bits per heavy atom. The van der Waals surface area contributed by atoms with E-state index in [4.69, 9.17) is 0 Å². The van der Waals surface area contributed by atoms with E-state index < -0.39 is 0 Å². The molecule has 0 bridgehead atoms. The van der Waals surface area contributed by atoms with Crippen LogP contribution >= 0.6 is 0 Å².